The van der Waals surface area contributed by atoms with Crippen LogP contribution in [0.15, 0.2) is 60.7 Å². The molecule has 2 amide bonds. The third kappa shape index (κ3) is 4.11. The minimum Gasteiger partial charge on any atom is -0.486 e. The molecule has 3 aliphatic rings. The van der Waals surface area contributed by atoms with Crippen LogP contribution in [0, 0.1) is 25.7 Å². The van der Waals surface area contributed by atoms with E-state index in [1.165, 1.54) is 5.56 Å². The molecule has 2 heterocycles. The van der Waals surface area contributed by atoms with Crippen LogP contribution in [0.5, 0.6) is 11.5 Å². The number of amides is 2. The molecule has 0 radical (unpaired) electrons. The van der Waals surface area contributed by atoms with Gasteiger partial charge < -0.3 is 19.7 Å². The molecule has 1 saturated heterocycles. The van der Waals surface area contributed by atoms with Crippen molar-refractivity contribution in [3.63, 3.8) is 0 Å². The average Bonchev–Trinajstić information content (AvgIpc) is 3.58. The standard InChI is InChI=1S/C30H30N2O4/c1-18-6-9-20(10-7-18)24-14-19(2)8-11-22(24)30(34)32-17-21-15-25(21)26(32)16-31-29(33)23-4-3-5-27-28(23)36-13-12-35-27/h3-11,14,21,25-26H,12-13,15-17H2,1-2H3,(H,31,33)/t21-,25-,26-/m1/s1. The molecule has 36 heavy (non-hydrogen) atoms. The number of aryl methyl sites for hydroxylation is 2. The van der Waals surface area contributed by atoms with Crippen molar-refractivity contribution in [2.45, 2.75) is 26.3 Å². The zero-order valence-corrected chi connectivity index (χ0v) is 20.6. The Balaban J connectivity index is 1.23. The SMILES string of the molecule is Cc1ccc(-c2cc(C)ccc2C(=O)N2C[C@H]3C[C@H]3[C@H]2CNC(=O)c2cccc3c2OCCO3)cc1. The van der Waals surface area contributed by atoms with Crippen LogP contribution in [-0.4, -0.2) is 49.1 Å². The number of hydrogen-bond donors (Lipinski definition) is 1. The molecule has 3 aromatic carbocycles. The van der Waals surface area contributed by atoms with E-state index in [2.05, 4.69) is 42.6 Å². The highest BCUT2D eigenvalue weighted by atomic mass is 16.6. The van der Waals surface area contributed by atoms with Gasteiger partial charge >= 0.3 is 0 Å². The number of fused-ring (bicyclic) bond motifs is 2. The first-order chi connectivity index (χ1) is 17.5. The first-order valence-electron chi connectivity index (χ1n) is 12.6. The van der Waals surface area contributed by atoms with Crippen LogP contribution in [0.1, 0.15) is 38.3 Å². The number of nitrogens with one attached hydrogen (secondary N) is 1. The fraction of sp³-hybridized carbons (Fsp3) is 0.333. The molecule has 1 N–H and O–H groups in total. The van der Waals surface area contributed by atoms with Gasteiger partial charge in [-0.1, -0.05) is 53.6 Å². The molecular weight excluding hydrogens is 452 g/mol. The van der Waals surface area contributed by atoms with Crippen molar-refractivity contribution in [3.8, 4) is 22.6 Å². The monoisotopic (exact) mass is 482 g/mol. The Morgan fingerprint density at radius 2 is 1.72 bits per heavy atom. The predicted octanol–water partition coefficient (Wildman–Crippen LogP) is 4.63. The highest BCUT2D eigenvalue weighted by Crippen LogP contribution is 2.50. The third-order valence-electron chi connectivity index (χ3n) is 7.61. The fourth-order valence-corrected chi connectivity index (χ4v) is 5.58. The minimum atomic E-state index is -0.204. The number of carbonyl (C=O) groups excluding carboxylic acids is 2. The number of hydrogen-bond acceptors (Lipinski definition) is 4. The lowest BCUT2D eigenvalue weighted by molar-refractivity contribution is 0.0695. The number of carbonyl (C=O) groups is 2. The van der Waals surface area contributed by atoms with E-state index in [-0.39, 0.29) is 17.9 Å². The summed E-state index contributed by atoms with van der Waals surface area (Å²) < 4.78 is 11.3. The van der Waals surface area contributed by atoms with Crippen LogP contribution in [0.4, 0.5) is 0 Å². The van der Waals surface area contributed by atoms with E-state index in [0.29, 0.717) is 54.2 Å². The quantitative estimate of drug-likeness (QED) is 0.576. The smallest absolute Gasteiger partial charge is 0.255 e. The number of piperidine rings is 1. The Kier molecular flexibility index (Phi) is 5.67. The summed E-state index contributed by atoms with van der Waals surface area (Å²) >= 11 is 0. The predicted molar refractivity (Wildman–Crippen MR) is 138 cm³/mol. The molecule has 3 aromatic rings. The Labute approximate surface area is 211 Å². The molecular formula is C30H30N2O4. The number of ether oxygens (including phenoxy) is 2. The summed E-state index contributed by atoms with van der Waals surface area (Å²) in [6, 6.07) is 19.7. The molecule has 0 bridgehead atoms. The van der Waals surface area contributed by atoms with Gasteiger partial charge in [0.15, 0.2) is 11.5 Å². The summed E-state index contributed by atoms with van der Waals surface area (Å²) in [5.74, 6) is 1.87. The zero-order chi connectivity index (χ0) is 24.8. The Hall–Kier alpha value is -3.80. The van der Waals surface area contributed by atoms with E-state index in [0.717, 1.165) is 29.7 Å². The summed E-state index contributed by atoms with van der Waals surface area (Å²) in [6.07, 6.45) is 1.11. The number of rotatable bonds is 5. The second-order valence-corrected chi connectivity index (χ2v) is 10.1. The van der Waals surface area contributed by atoms with Crippen molar-refractivity contribution in [1.29, 1.82) is 0 Å². The topological polar surface area (TPSA) is 67.9 Å². The second kappa shape index (κ2) is 9.01. The molecule has 0 unspecified atom stereocenters. The molecule has 6 heteroatoms. The van der Waals surface area contributed by atoms with Gasteiger partial charge in [-0.15, -0.1) is 0 Å². The maximum absolute atomic E-state index is 13.9. The number of nitrogens with zero attached hydrogens (tertiary/aromatic N) is 1. The highest BCUT2D eigenvalue weighted by Gasteiger charge is 2.54. The summed E-state index contributed by atoms with van der Waals surface area (Å²) in [7, 11) is 0. The summed E-state index contributed by atoms with van der Waals surface area (Å²) in [5, 5.41) is 3.08. The van der Waals surface area contributed by atoms with Gasteiger partial charge in [0.1, 0.15) is 13.2 Å². The molecule has 1 saturated carbocycles. The van der Waals surface area contributed by atoms with Crippen molar-refractivity contribution < 1.29 is 19.1 Å². The van der Waals surface area contributed by atoms with E-state index in [1.54, 1.807) is 12.1 Å². The van der Waals surface area contributed by atoms with Crippen molar-refractivity contribution in [2.24, 2.45) is 11.8 Å². The molecule has 0 aromatic heterocycles. The first kappa shape index (κ1) is 22.7. The fourth-order valence-electron chi connectivity index (χ4n) is 5.58. The van der Waals surface area contributed by atoms with Gasteiger partial charge in [-0.05, 0) is 61.4 Å². The van der Waals surface area contributed by atoms with Crippen molar-refractivity contribution >= 4 is 11.8 Å². The van der Waals surface area contributed by atoms with Crippen molar-refractivity contribution in [3.05, 3.63) is 82.9 Å². The molecule has 2 fully saturated rings. The van der Waals surface area contributed by atoms with Crippen LogP contribution in [0.3, 0.4) is 0 Å². The molecule has 6 rings (SSSR count). The normalized spacial score (nSPS) is 21.6. The largest absolute Gasteiger partial charge is 0.486 e. The summed E-state index contributed by atoms with van der Waals surface area (Å²) in [4.78, 5) is 28.9. The molecule has 2 aliphatic heterocycles. The van der Waals surface area contributed by atoms with Gasteiger partial charge in [0.25, 0.3) is 11.8 Å². The van der Waals surface area contributed by atoms with Crippen molar-refractivity contribution in [1.82, 2.24) is 10.2 Å². The maximum atomic E-state index is 13.9. The van der Waals surface area contributed by atoms with Gasteiger partial charge in [0, 0.05) is 18.7 Å². The maximum Gasteiger partial charge on any atom is 0.255 e. The minimum absolute atomic E-state index is 0.0182. The second-order valence-electron chi connectivity index (χ2n) is 10.1. The van der Waals surface area contributed by atoms with E-state index in [9.17, 15) is 9.59 Å². The third-order valence-corrected chi connectivity index (χ3v) is 7.61. The number of para-hydroxylation sites is 1. The van der Waals surface area contributed by atoms with E-state index >= 15 is 0 Å². The van der Waals surface area contributed by atoms with Crippen LogP contribution in [0.2, 0.25) is 0 Å². The lowest BCUT2D eigenvalue weighted by Crippen LogP contribution is -2.45. The van der Waals surface area contributed by atoms with Crippen LogP contribution < -0.4 is 14.8 Å². The molecule has 3 atom stereocenters. The molecule has 184 valence electrons. The Morgan fingerprint density at radius 3 is 2.56 bits per heavy atom. The number of benzene rings is 3. The van der Waals surface area contributed by atoms with Gasteiger partial charge in [-0.25, -0.2) is 0 Å². The molecule has 6 nitrogen and oxygen atoms in total. The van der Waals surface area contributed by atoms with Gasteiger partial charge in [-0.3, -0.25) is 9.59 Å². The molecule has 1 aliphatic carbocycles. The Bertz CT molecular complexity index is 1330. The number of likely N-dealkylation sites (tertiary alicyclic amines) is 1. The zero-order valence-electron chi connectivity index (χ0n) is 20.6. The summed E-state index contributed by atoms with van der Waals surface area (Å²) in [5.41, 5.74) is 5.48. The summed E-state index contributed by atoms with van der Waals surface area (Å²) in [6.45, 7) is 6.17. The van der Waals surface area contributed by atoms with E-state index in [4.69, 9.17) is 9.47 Å². The van der Waals surface area contributed by atoms with Crippen LogP contribution in [0.25, 0.3) is 11.1 Å². The molecule has 0 spiro atoms. The average molecular weight is 483 g/mol. The lowest BCUT2D eigenvalue weighted by atomic mass is 9.95. The van der Waals surface area contributed by atoms with Crippen molar-refractivity contribution in [2.75, 3.05) is 26.3 Å². The lowest BCUT2D eigenvalue weighted by Gasteiger charge is -2.29. The van der Waals surface area contributed by atoms with Crippen LogP contribution >= 0.6 is 0 Å². The first-order valence-corrected chi connectivity index (χ1v) is 12.6. The highest BCUT2D eigenvalue weighted by molar-refractivity contribution is 6.02. The van der Waals surface area contributed by atoms with Crippen LogP contribution in [-0.2, 0) is 0 Å². The van der Waals surface area contributed by atoms with Gasteiger partial charge in [0.05, 0.1) is 11.6 Å². The van der Waals surface area contributed by atoms with E-state index in [1.807, 2.05) is 30.0 Å². The van der Waals surface area contributed by atoms with Gasteiger partial charge in [-0.2, -0.15) is 0 Å². The van der Waals surface area contributed by atoms with E-state index < -0.39 is 0 Å². The Morgan fingerprint density at radius 1 is 0.944 bits per heavy atom. The van der Waals surface area contributed by atoms with Gasteiger partial charge in [0.2, 0.25) is 0 Å².